The Bertz CT molecular complexity index is 2520. The highest BCUT2D eigenvalue weighted by atomic mass is 19.1. The number of ether oxygens (including phenoxy) is 6. The molecule has 64 heavy (non-hydrogen) atoms. The van der Waals surface area contributed by atoms with Gasteiger partial charge in [-0.2, -0.15) is 0 Å². The fourth-order valence-electron chi connectivity index (χ4n) is 6.09. The smallest absolute Gasteiger partial charge is 0.346 e. The van der Waals surface area contributed by atoms with Gasteiger partial charge in [0, 0.05) is 23.3 Å². The maximum absolute atomic E-state index is 15.2. The fourth-order valence-corrected chi connectivity index (χ4v) is 6.09. The second-order valence-electron chi connectivity index (χ2n) is 14.7. The van der Waals surface area contributed by atoms with E-state index in [0.29, 0.717) is 24.0 Å². The molecule has 0 N–H and O–H groups in total. The van der Waals surface area contributed by atoms with Crippen molar-refractivity contribution in [3.63, 3.8) is 0 Å². The van der Waals surface area contributed by atoms with Crippen LogP contribution in [0.15, 0.2) is 132 Å². The minimum Gasteiger partial charge on any atom is -0.494 e. The summed E-state index contributed by atoms with van der Waals surface area (Å²) in [5.74, 6) is -4.02. The van der Waals surface area contributed by atoms with Crippen LogP contribution < -0.4 is 28.4 Å². The van der Waals surface area contributed by atoms with Gasteiger partial charge in [-0.15, -0.1) is 0 Å². The third-order valence-corrected chi connectivity index (χ3v) is 9.65. The Morgan fingerprint density at radius 2 is 0.812 bits per heavy atom. The molecule has 0 aromatic heterocycles. The van der Waals surface area contributed by atoms with Gasteiger partial charge in [0.25, 0.3) is 0 Å². The highest BCUT2D eigenvalue weighted by molar-refractivity contribution is 5.97. The molecular formula is C52H46F2O10. The molecule has 0 saturated heterocycles. The normalized spacial score (nSPS) is 11.5. The molecule has 0 fully saturated rings. The summed E-state index contributed by atoms with van der Waals surface area (Å²) < 4.78 is 63.2. The average Bonchev–Trinajstić information content (AvgIpc) is 3.27. The summed E-state index contributed by atoms with van der Waals surface area (Å²) in [7, 11) is 0. The number of rotatable bonds is 18. The molecule has 6 aromatic rings. The molecule has 0 heterocycles. The summed E-state index contributed by atoms with van der Waals surface area (Å²) in [6.45, 7) is 8.54. The van der Waals surface area contributed by atoms with Gasteiger partial charge in [-0.25, -0.2) is 28.0 Å². The molecule has 12 heteroatoms. The standard InChI is InChI=1S/C52H46F2O10/c1-5-7-25-59-39-15-9-35(10-16-39)27-33(3)49(55)61-43-21-23-45(47(53)31-43)51(57)63-41-19-13-37-14-20-42(30-38(37)29-41)64-52(58)46-24-22-44(32-48(46)54)62-50(56)34(4)28-36-11-17-40(18-12-36)60-26-8-6-2/h9-24,27-32H,5-8,25-26H2,1-4H3/b33-27+,34-28+. The highest BCUT2D eigenvalue weighted by Gasteiger charge is 2.19. The second kappa shape index (κ2) is 22.0. The second-order valence-corrected chi connectivity index (χ2v) is 14.7. The third-order valence-electron chi connectivity index (χ3n) is 9.65. The summed E-state index contributed by atoms with van der Waals surface area (Å²) >= 11 is 0. The third kappa shape index (κ3) is 12.7. The Balaban J connectivity index is 1.03. The minimum atomic E-state index is -1.01. The molecule has 0 aliphatic rings. The Hall–Kier alpha value is -7.60. The Morgan fingerprint density at radius 3 is 1.19 bits per heavy atom. The monoisotopic (exact) mass is 868 g/mol. The molecule has 6 aromatic carbocycles. The molecule has 6 rings (SSSR count). The number of esters is 4. The van der Waals surface area contributed by atoms with E-state index in [1.165, 1.54) is 36.4 Å². The Morgan fingerprint density at radius 1 is 0.453 bits per heavy atom. The summed E-state index contributed by atoms with van der Waals surface area (Å²) in [6, 6.07) is 30.4. The lowest BCUT2D eigenvalue weighted by molar-refractivity contribution is -0.130. The molecule has 0 bridgehead atoms. The van der Waals surface area contributed by atoms with Gasteiger partial charge < -0.3 is 28.4 Å². The first-order valence-electron chi connectivity index (χ1n) is 20.7. The summed E-state index contributed by atoms with van der Waals surface area (Å²) in [6.07, 6.45) is 7.21. The van der Waals surface area contributed by atoms with E-state index < -0.39 is 46.6 Å². The van der Waals surface area contributed by atoms with Crippen LogP contribution in [0.2, 0.25) is 0 Å². The van der Waals surface area contributed by atoms with Crippen LogP contribution in [0, 0.1) is 11.6 Å². The van der Waals surface area contributed by atoms with Crippen molar-refractivity contribution in [2.75, 3.05) is 13.2 Å². The lowest BCUT2D eigenvalue weighted by Crippen LogP contribution is -2.13. The van der Waals surface area contributed by atoms with E-state index in [0.717, 1.165) is 72.6 Å². The molecule has 0 atom stereocenters. The van der Waals surface area contributed by atoms with Gasteiger partial charge in [-0.3, -0.25) is 0 Å². The van der Waals surface area contributed by atoms with Gasteiger partial charge in [-0.05, 0) is 134 Å². The molecule has 0 aliphatic carbocycles. The first-order chi connectivity index (χ1) is 30.9. The molecule has 0 amide bonds. The largest absolute Gasteiger partial charge is 0.494 e. The fraction of sp³-hybridized carbons (Fsp3) is 0.192. The van der Waals surface area contributed by atoms with Crippen molar-refractivity contribution >= 4 is 46.8 Å². The molecule has 328 valence electrons. The van der Waals surface area contributed by atoms with Crippen molar-refractivity contribution in [3.05, 3.63) is 166 Å². The quantitative estimate of drug-likeness (QED) is 0.0357. The van der Waals surface area contributed by atoms with Crippen LogP contribution in [0.3, 0.4) is 0 Å². The van der Waals surface area contributed by atoms with Gasteiger partial charge in [0.1, 0.15) is 46.1 Å². The van der Waals surface area contributed by atoms with Crippen molar-refractivity contribution in [1.82, 2.24) is 0 Å². The molecular weight excluding hydrogens is 823 g/mol. The van der Waals surface area contributed by atoms with Crippen molar-refractivity contribution in [2.24, 2.45) is 0 Å². The molecule has 10 nitrogen and oxygen atoms in total. The van der Waals surface area contributed by atoms with E-state index in [1.54, 1.807) is 38.1 Å². The van der Waals surface area contributed by atoms with Gasteiger partial charge in [0.2, 0.25) is 0 Å². The average molecular weight is 869 g/mol. The topological polar surface area (TPSA) is 124 Å². The zero-order valence-corrected chi connectivity index (χ0v) is 35.8. The molecule has 0 saturated carbocycles. The van der Waals surface area contributed by atoms with Gasteiger partial charge in [-0.1, -0.05) is 63.1 Å². The maximum Gasteiger partial charge on any atom is 0.346 e. The van der Waals surface area contributed by atoms with E-state index in [1.807, 2.05) is 48.5 Å². The SMILES string of the molecule is CCCCOc1ccc(/C=C(\C)C(=O)Oc2ccc(C(=O)Oc3ccc4ccc(OC(=O)c5ccc(OC(=O)/C(C)=C/c6ccc(OCCCC)cc6)cc5F)cc4c3)c(F)c2)cc1. The van der Waals surface area contributed by atoms with Crippen LogP contribution in [-0.2, 0) is 9.59 Å². The van der Waals surface area contributed by atoms with Gasteiger partial charge >= 0.3 is 23.9 Å². The first-order valence-corrected chi connectivity index (χ1v) is 20.7. The van der Waals surface area contributed by atoms with E-state index in [-0.39, 0.29) is 34.1 Å². The van der Waals surface area contributed by atoms with E-state index in [2.05, 4.69) is 13.8 Å². The Labute approximate surface area is 369 Å². The Kier molecular flexibility index (Phi) is 15.8. The molecule has 0 unspecified atom stereocenters. The lowest BCUT2D eigenvalue weighted by Gasteiger charge is -2.10. The van der Waals surface area contributed by atoms with Crippen LogP contribution in [-0.4, -0.2) is 37.1 Å². The van der Waals surface area contributed by atoms with Crippen molar-refractivity contribution in [2.45, 2.75) is 53.4 Å². The van der Waals surface area contributed by atoms with Crippen molar-refractivity contribution in [3.8, 4) is 34.5 Å². The number of hydrogen-bond acceptors (Lipinski definition) is 10. The van der Waals surface area contributed by atoms with Crippen LogP contribution in [0.25, 0.3) is 22.9 Å². The number of fused-ring (bicyclic) bond motifs is 1. The van der Waals surface area contributed by atoms with Crippen molar-refractivity contribution < 1.29 is 56.4 Å². The molecule has 0 spiro atoms. The van der Waals surface area contributed by atoms with Crippen LogP contribution in [0.5, 0.6) is 34.5 Å². The number of carbonyl (C=O) groups is 4. The first kappa shape index (κ1) is 45.9. The number of hydrogen-bond donors (Lipinski definition) is 0. The lowest BCUT2D eigenvalue weighted by atomic mass is 10.1. The number of unbranched alkanes of at least 4 members (excludes halogenated alkanes) is 2. The zero-order valence-electron chi connectivity index (χ0n) is 35.8. The number of carbonyl (C=O) groups excluding carboxylic acids is 4. The summed E-state index contributed by atoms with van der Waals surface area (Å²) in [5.41, 5.74) is 1.23. The minimum absolute atomic E-state index is 0.0590. The van der Waals surface area contributed by atoms with Crippen LogP contribution in [0.1, 0.15) is 85.2 Å². The van der Waals surface area contributed by atoms with Crippen LogP contribution in [0.4, 0.5) is 8.78 Å². The summed E-state index contributed by atoms with van der Waals surface area (Å²) in [5, 5.41) is 1.17. The summed E-state index contributed by atoms with van der Waals surface area (Å²) in [4.78, 5) is 51.5. The maximum atomic E-state index is 15.2. The van der Waals surface area contributed by atoms with Gasteiger partial charge in [0.05, 0.1) is 24.3 Å². The predicted octanol–water partition coefficient (Wildman–Crippen LogP) is 11.9. The number of benzene rings is 6. The number of halogens is 2. The van der Waals surface area contributed by atoms with Gasteiger partial charge in [0.15, 0.2) is 0 Å². The van der Waals surface area contributed by atoms with E-state index >= 15 is 8.78 Å². The molecule has 0 aliphatic heterocycles. The van der Waals surface area contributed by atoms with E-state index in [4.69, 9.17) is 28.4 Å². The van der Waals surface area contributed by atoms with Crippen molar-refractivity contribution in [1.29, 1.82) is 0 Å². The zero-order chi connectivity index (χ0) is 45.6. The highest BCUT2D eigenvalue weighted by Crippen LogP contribution is 2.28. The molecule has 0 radical (unpaired) electrons. The van der Waals surface area contributed by atoms with Crippen LogP contribution >= 0.6 is 0 Å². The van der Waals surface area contributed by atoms with E-state index in [9.17, 15) is 19.2 Å². The predicted molar refractivity (Wildman–Crippen MR) is 239 cm³/mol.